The Hall–Kier alpha value is -5.99. The van der Waals surface area contributed by atoms with Gasteiger partial charge in [-0.3, -0.25) is 4.98 Å². The molecule has 0 spiro atoms. The molecule has 2 heterocycles. The minimum absolute atomic E-state index is 0.800. The Balaban J connectivity index is 1.24. The molecule has 0 aliphatic heterocycles. The number of hydrogen-bond donors (Lipinski definition) is 0. The lowest BCUT2D eigenvalue weighted by Gasteiger charge is -2.17. The predicted octanol–water partition coefficient (Wildman–Crippen LogP) is 11.7. The fraction of sp³-hybridized carbons (Fsp3) is 0.0227. The van der Waals surface area contributed by atoms with E-state index in [-0.39, 0.29) is 0 Å². The molecule has 0 bridgehead atoms. The van der Waals surface area contributed by atoms with Crippen LogP contribution in [0.1, 0.15) is 5.56 Å². The number of allylic oxidation sites excluding steroid dienone is 5. The van der Waals surface area contributed by atoms with E-state index in [2.05, 4.69) is 168 Å². The van der Waals surface area contributed by atoms with Gasteiger partial charge in [-0.2, -0.15) is 0 Å². The van der Waals surface area contributed by atoms with Gasteiger partial charge >= 0.3 is 0 Å². The van der Waals surface area contributed by atoms with Gasteiger partial charge in [-0.05, 0) is 92.2 Å². The second-order valence-electron chi connectivity index (χ2n) is 11.6. The molecule has 0 radical (unpaired) electrons. The largest absolute Gasteiger partial charge is 0.309 e. The summed E-state index contributed by atoms with van der Waals surface area (Å²) in [6.07, 6.45) is 13.0. The van der Waals surface area contributed by atoms with E-state index in [1.54, 1.807) is 0 Å². The number of pyridine rings is 1. The van der Waals surface area contributed by atoms with Gasteiger partial charge in [0, 0.05) is 28.9 Å². The van der Waals surface area contributed by atoms with Gasteiger partial charge in [-0.1, -0.05) is 128 Å². The van der Waals surface area contributed by atoms with Gasteiger partial charge in [-0.15, -0.1) is 0 Å². The molecule has 0 unspecified atom stereocenters. The highest BCUT2D eigenvalue weighted by Crippen LogP contribution is 2.40. The van der Waals surface area contributed by atoms with Crippen LogP contribution >= 0.6 is 0 Å². The van der Waals surface area contributed by atoms with E-state index in [1.165, 1.54) is 71.2 Å². The molecule has 8 rings (SSSR count). The van der Waals surface area contributed by atoms with Crippen LogP contribution in [0.3, 0.4) is 0 Å². The van der Waals surface area contributed by atoms with Crippen LogP contribution in [0.25, 0.3) is 71.3 Å². The summed E-state index contributed by atoms with van der Waals surface area (Å²) in [6, 6.07) is 48.0. The molecule has 0 saturated carbocycles. The van der Waals surface area contributed by atoms with Crippen LogP contribution in [-0.4, -0.2) is 9.55 Å². The first-order valence-corrected chi connectivity index (χ1v) is 15.7. The van der Waals surface area contributed by atoms with Gasteiger partial charge in [0.2, 0.25) is 0 Å². The highest BCUT2D eigenvalue weighted by Gasteiger charge is 2.15. The van der Waals surface area contributed by atoms with Crippen molar-refractivity contribution in [3.05, 3.63) is 182 Å². The molecule has 218 valence electrons. The lowest BCUT2D eigenvalue weighted by atomic mass is 9.87. The third kappa shape index (κ3) is 4.72. The molecule has 0 fully saturated rings. The maximum atomic E-state index is 4.18. The highest BCUT2D eigenvalue weighted by atomic mass is 15.0. The van der Waals surface area contributed by atoms with Crippen molar-refractivity contribution in [3.63, 3.8) is 0 Å². The van der Waals surface area contributed by atoms with Crippen molar-refractivity contribution in [1.82, 2.24) is 9.55 Å². The average molecular weight is 589 g/mol. The monoisotopic (exact) mass is 588 g/mol. The molecular formula is C44H32N2. The minimum atomic E-state index is 0.800. The van der Waals surface area contributed by atoms with Crippen LogP contribution in [0.5, 0.6) is 0 Å². The van der Waals surface area contributed by atoms with Crippen molar-refractivity contribution < 1.29 is 0 Å². The highest BCUT2D eigenvalue weighted by molar-refractivity contribution is 6.15. The van der Waals surface area contributed by atoms with Gasteiger partial charge in [0.15, 0.2) is 0 Å². The summed E-state index contributed by atoms with van der Waals surface area (Å²) in [6.45, 7) is 4.05. The molecule has 0 N–H and O–H groups in total. The Labute approximate surface area is 268 Å². The van der Waals surface area contributed by atoms with Crippen molar-refractivity contribution in [2.75, 3.05) is 0 Å². The summed E-state index contributed by atoms with van der Waals surface area (Å²) in [5.41, 5.74) is 9.66. The molecule has 0 aliphatic carbocycles. The van der Waals surface area contributed by atoms with Crippen molar-refractivity contribution in [3.8, 4) is 22.3 Å². The molecule has 0 aliphatic rings. The maximum Gasteiger partial charge on any atom is 0.0541 e. The van der Waals surface area contributed by atoms with Crippen LogP contribution in [-0.2, 0) is 6.42 Å². The van der Waals surface area contributed by atoms with Gasteiger partial charge in [0.1, 0.15) is 0 Å². The number of aromatic nitrogens is 2. The zero-order valence-corrected chi connectivity index (χ0v) is 25.5. The topological polar surface area (TPSA) is 17.8 Å². The number of fused-ring (bicyclic) bond motifs is 5. The third-order valence-electron chi connectivity index (χ3n) is 8.97. The van der Waals surface area contributed by atoms with Gasteiger partial charge in [0.05, 0.1) is 11.0 Å². The summed E-state index contributed by atoms with van der Waals surface area (Å²) in [5.74, 6) is 0. The Morgan fingerprint density at radius 1 is 0.543 bits per heavy atom. The van der Waals surface area contributed by atoms with Crippen molar-refractivity contribution in [1.29, 1.82) is 0 Å². The molecule has 6 aromatic carbocycles. The Bertz CT molecular complexity index is 2330. The zero-order valence-electron chi connectivity index (χ0n) is 25.5. The Morgan fingerprint density at radius 3 is 1.59 bits per heavy atom. The number of hydrogen-bond acceptors (Lipinski definition) is 1. The van der Waals surface area contributed by atoms with E-state index in [0.29, 0.717) is 0 Å². The number of benzene rings is 6. The van der Waals surface area contributed by atoms with Crippen LogP contribution in [0.4, 0.5) is 0 Å². The first-order chi connectivity index (χ1) is 22.8. The molecule has 2 nitrogen and oxygen atoms in total. The van der Waals surface area contributed by atoms with E-state index < -0.39 is 0 Å². The molecule has 46 heavy (non-hydrogen) atoms. The second kappa shape index (κ2) is 11.8. The minimum Gasteiger partial charge on any atom is -0.309 e. The van der Waals surface area contributed by atoms with Gasteiger partial charge < -0.3 is 4.57 Å². The molecule has 2 heteroatoms. The van der Waals surface area contributed by atoms with E-state index in [4.69, 9.17) is 0 Å². The molecular weight excluding hydrogens is 556 g/mol. The molecule has 0 amide bonds. The van der Waals surface area contributed by atoms with Crippen LogP contribution < -0.4 is 0 Å². The molecule has 2 aromatic heterocycles. The standard InChI is InChI=1S/C44H32N2/c1-2-12-34(46-42-21-9-7-16-38(42)39-17-8-10-22-43(39)46)13-11-20-35-36-14-3-5-18-40(36)44(41-19-6-4-15-37(35)41)33-25-23-31(24-26-33)32-27-29-45-30-28-32/h2-19,21-30H,1,20H2/b13-11-,34-12+. The summed E-state index contributed by atoms with van der Waals surface area (Å²) >= 11 is 0. The first kappa shape index (κ1) is 27.6. The van der Waals surface area contributed by atoms with Gasteiger partial charge in [-0.25, -0.2) is 0 Å². The van der Waals surface area contributed by atoms with Crippen LogP contribution in [0, 0.1) is 0 Å². The maximum absolute atomic E-state index is 4.18. The smallest absolute Gasteiger partial charge is 0.0541 e. The first-order valence-electron chi connectivity index (χ1n) is 15.7. The Morgan fingerprint density at radius 2 is 1.02 bits per heavy atom. The van der Waals surface area contributed by atoms with Crippen molar-refractivity contribution in [2.24, 2.45) is 0 Å². The fourth-order valence-electron chi connectivity index (χ4n) is 6.95. The zero-order chi connectivity index (χ0) is 30.9. The van der Waals surface area contributed by atoms with Crippen molar-refractivity contribution in [2.45, 2.75) is 6.42 Å². The summed E-state index contributed by atoms with van der Waals surface area (Å²) in [5, 5.41) is 7.61. The normalized spacial score (nSPS) is 12.1. The fourth-order valence-corrected chi connectivity index (χ4v) is 6.95. The van der Waals surface area contributed by atoms with E-state index in [9.17, 15) is 0 Å². The van der Waals surface area contributed by atoms with Crippen molar-refractivity contribution >= 4 is 49.0 Å². The van der Waals surface area contributed by atoms with Crippen LogP contribution in [0.2, 0.25) is 0 Å². The summed E-state index contributed by atoms with van der Waals surface area (Å²) in [7, 11) is 0. The second-order valence-corrected chi connectivity index (χ2v) is 11.6. The molecule has 0 saturated heterocycles. The van der Waals surface area contributed by atoms with Gasteiger partial charge in [0.25, 0.3) is 0 Å². The lowest BCUT2D eigenvalue weighted by Crippen LogP contribution is -1.95. The third-order valence-corrected chi connectivity index (χ3v) is 8.97. The SMILES string of the molecule is C=C/C=C(\C=C/Cc1c2ccccc2c(-c2ccc(-c3ccncc3)cc2)c2ccccc12)n1c2ccccc2c2ccccc21. The number of nitrogens with zero attached hydrogens (tertiary/aromatic N) is 2. The van der Waals surface area contributed by atoms with E-state index in [0.717, 1.165) is 12.1 Å². The summed E-state index contributed by atoms with van der Waals surface area (Å²) in [4.78, 5) is 4.18. The van der Waals surface area contributed by atoms with E-state index >= 15 is 0 Å². The van der Waals surface area contributed by atoms with E-state index in [1.807, 2.05) is 18.5 Å². The number of para-hydroxylation sites is 2. The molecule has 0 atom stereocenters. The average Bonchev–Trinajstić information content (AvgIpc) is 3.46. The Kier molecular flexibility index (Phi) is 7.09. The quantitative estimate of drug-likeness (QED) is 0.134. The molecule has 8 aromatic rings. The van der Waals surface area contributed by atoms with Crippen LogP contribution in [0.15, 0.2) is 177 Å². The summed E-state index contributed by atoms with van der Waals surface area (Å²) < 4.78 is 2.35. The lowest BCUT2D eigenvalue weighted by molar-refractivity contribution is 1.23. The number of rotatable bonds is 7. The predicted molar refractivity (Wildman–Crippen MR) is 197 cm³/mol.